The number of hydrogen-bond donors (Lipinski definition) is 1. The van der Waals surface area contributed by atoms with Crippen molar-refractivity contribution in [3.63, 3.8) is 0 Å². The topological polar surface area (TPSA) is 117 Å². The lowest BCUT2D eigenvalue weighted by molar-refractivity contribution is -0.308. The average molecular weight is 337 g/mol. The Morgan fingerprint density at radius 3 is 2.48 bits per heavy atom. The number of fused-ring (bicyclic) bond motifs is 1. The molecule has 1 N–H and O–H groups in total. The minimum atomic E-state index is -1.45. The van der Waals surface area contributed by atoms with Gasteiger partial charge in [0.15, 0.2) is 0 Å². The summed E-state index contributed by atoms with van der Waals surface area (Å²) in [4.78, 5) is 35.8. The number of rotatable bonds is 5. The maximum atomic E-state index is 12.3. The number of benzene rings is 2. The van der Waals surface area contributed by atoms with Crippen LogP contribution < -0.4 is 16.0 Å². The summed E-state index contributed by atoms with van der Waals surface area (Å²) in [6.45, 7) is -0.451. The summed E-state index contributed by atoms with van der Waals surface area (Å²) >= 11 is 0. The quantitative estimate of drug-likeness (QED) is 0.664. The van der Waals surface area contributed by atoms with Gasteiger partial charge in [0.2, 0.25) is 5.91 Å². The molecule has 25 heavy (non-hydrogen) atoms. The third kappa shape index (κ3) is 3.52. The highest BCUT2D eigenvalue weighted by molar-refractivity contribution is 5.83. The first kappa shape index (κ1) is 16.3. The Labute approximate surface area is 141 Å². The largest absolute Gasteiger partial charge is 0.548 e. The molecule has 0 spiro atoms. The predicted octanol–water partition coefficient (Wildman–Crippen LogP) is -0.601. The van der Waals surface area contributed by atoms with Gasteiger partial charge in [-0.1, -0.05) is 47.7 Å². The lowest BCUT2D eigenvalue weighted by Gasteiger charge is -2.20. The average Bonchev–Trinajstić information content (AvgIpc) is 2.63. The first-order chi connectivity index (χ1) is 12.1. The standard InChI is InChI=1S/C17H14N4O4/c22-14(18-15(17(24)25)11-6-2-1-3-7-11)10-21-16(23)12-8-4-5-9-13(12)19-20-21/h1-9,15H,10H2,(H,18,22)(H,24,25)/p-1/t15-/m0/s1. The van der Waals surface area contributed by atoms with Crippen LogP contribution in [0.1, 0.15) is 11.6 Å². The molecule has 1 heterocycles. The third-order valence-corrected chi connectivity index (χ3v) is 3.60. The van der Waals surface area contributed by atoms with Gasteiger partial charge < -0.3 is 15.2 Å². The van der Waals surface area contributed by atoms with Gasteiger partial charge in [0.1, 0.15) is 12.1 Å². The molecule has 0 bridgehead atoms. The lowest BCUT2D eigenvalue weighted by atomic mass is 10.1. The number of aromatic nitrogens is 3. The second-order valence-electron chi connectivity index (χ2n) is 5.30. The Bertz CT molecular complexity index is 985. The highest BCUT2D eigenvalue weighted by Crippen LogP contribution is 2.11. The Morgan fingerprint density at radius 2 is 1.76 bits per heavy atom. The third-order valence-electron chi connectivity index (χ3n) is 3.60. The van der Waals surface area contributed by atoms with E-state index in [2.05, 4.69) is 15.6 Å². The molecule has 1 aromatic heterocycles. The molecule has 0 aliphatic carbocycles. The van der Waals surface area contributed by atoms with Crippen LogP contribution in [0.3, 0.4) is 0 Å². The summed E-state index contributed by atoms with van der Waals surface area (Å²) in [6.07, 6.45) is 0. The lowest BCUT2D eigenvalue weighted by Crippen LogP contribution is -2.43. The van der Waals surface area contributed by atoms with Gasteiger partial charge in [-0.15, -0.1) is 5.10 Å². The highest BCUT2D eigenvalue weighted by Gasteiger charge is 2.17. The van der Waals surface area contributed by atoms with Gasteiger partial charge in [-0.3, -0.25) is 9.59 Å². The van der Waals surface area contributed by atoms with Crippen LogP contribution in [-0.2, 0) is 16.1 Å². The van der Waals surface area contributed by atoms with Gasteiger partial charge in [-0.2, -0.15) is 0 Å². The van der Waals surface area contributed by atoms with Gasteiger partial charge in [0.05, 0.1) is 17.4 Å². The van der Waals surface area contributed by atoms with Crippen molar-refractivity contribution in [2.45, 2.75) is 12.6 Å². The van der Waals surface area contributed by atoms with E-state index in [1.807, 2.05) is 0 Å². The van der Waals surface area contributed by atoms with Gasteiger partial charge in [-0.25, -0.2) is 4.68 Å². The molecule has 1 amide bonds. The van der Waals surface area contributed by atoms with Crippen LogP contribution in [0.15, 0.2) is 59.4 Å². The van der Waals surface area contributed by atoms with Crippen LogP contribution in [0.5, 0.6) is 0 Å². The number of nitrogens with one attached hydrogen (secondary N) is 1. The minimum absolute atomic E-state index is 0.324. The monoisotopic (exact) mass is 337 g/mol. The van der Waals surface area contributed by atoms with E-state index >= 15 is 0 Å². The second kappa shape index (κ2) is 6.91. The van der Waals surface area contributed by atoms with E-state index in [-0.39, 0.29) is 0 Å². The molecule has 126 valence electrons. The zero-order valence-corrected chi connectivity index (χ0v) is 13.0. The van der Waals surface area contributed by atoms with Crippen LogP contribution >= 0.6 is 0 Å². The molecule has 8 nitrogen and oxygen atoms in total. The number of hydrogen-bond acceptors (Lipinski definition) is 6. The summed E-state index contributed by atoms with van der Waals surface area (Å²) in [7, 11) is 0. The minimum Gasteiger partial charge on any atom is -0.548 e. The van der Waals surface area contributed by atoms with Gasteiger partial charge in [-0.05, 0) is 17.7 Å². The smallest absolute Gasteiger partial charge is 0.278 e. The molecule has 3 rings (SSSR count). The number of carboxylic acid groups (broad SMARTS) is 1. The van der Waals surface area contributed by atoms with E-state index in [4.69, 9.17) is 0 Å². The zero-order valence-electron chi connectivity index (χ0n) is 13.0. The number of nitrogens with zero attached hydrogens (tertiary/aromatic N) is 3. The molecular formula is C17H13N4O4-. The van der Waals surface area contributed by atoms with E-state index in [1.165, 1.54) is 0 Å². The van der Waals surface area contributed by atoms with Crippen molar-refractivity contribution < 1.29 is 14.7 Å². The van der Waals surface area contributed by atoms with Crippen molar-refractivity contribution in [2.24, 2.45) is 0 Å². The van der Waals surface area contributed by atoms with Gasteiger partial charge in [0.25, 0.3) is 5.56 Å². The number of carbonyl (C=O) groups excluding carboxylic acids is 2. The zero-order chi connectivity index (χ0) is 17.8. The van der Waals surface area contributed by atoms with Crippen LogP contribution in [0.2, 0.25) is 0 Å². The molecule has 8 heteroatoms. The molecule has 0 aliphatic heterocycles. The Kier molecular flexibility index (Phi) is 4.51. The molecule has 0 radical (unpaired) electrons. The Balaban J connectivity index is 1.81. The fraction of sp³-hybridized carbons (Fsp3) is 0.118. The molecule has 0 saturated carbocycles. The molecule has 3 aromatic rings. The van der Waals surface area contributed by atoms with Crippen LogP contribution in [-0.4, -0.2) is 26.9 Å². The molecular weight excluding hydrogens is 324 g/mol. The van der Waals surface area contributed by atoms with E-state index in [0.29, 0.717) is 16.5 Å². The van der Waals surface area contributed by atoms with Gasteiger partial charge >= 0.3 is 0 Å². The van der Waals surface area contributed by atoms with E-state index in [1.54, 1.807) is 54.6 Å². The molecule has 2 aromatic carbocycles. The van der Waals surface area contributed by atoms with Crippen molar-refractivity contribution in [3.8, 4) is 0 Å². The second-order valence-corrected chi connectivity index (χ2v) is 5.30. The van der Waals surface area contributed by atoms with E-state index < -0.39 is 30.0 Å². The molecule has 0 fully saturated rings. The SMILES string of the molecule is O=C(Cn1nnc2ccccc2c1=O)N[C@H](C(=O)[O-])c1ccccc1. The molecule has 1 atom stereocenters. The number of carboxylic acids is 1. The maximum Gasteiger partial charge on any atom is 0.278 e. The fourth-order valence-corrected chi connectivity index (χ4v) is 2.39. The summed E-state index contributed by atoms with van der Waals surface area (Å²) < 4.78 is 0.884. The van der Waals surface area contributed by atoms with E-state index in [0.717, 1.165) is 4.68 Å². The fourth-order valence-electron chi connectivity index (χ4n) is 2.39. The van der Waals surface area contributed by atoms with Gasteiger partial charge in [0, 0.05) is 0 Å². The van der Waals surface area contributed by atoms with Crippen molar-refractivity contribution in [1.29, 1.82) is 0 Å². The summed E-state index contributed by atoms with van der Waals surface area (Å²) in [6, 6.07) is 13.4. The summed E-state index contributed by atoms with van der Waals surface area (Å²) in [5.74, 6) is -2.14. The molecule has 0 unspecified atom stereocenters. The maximum absolute atomic E-state index is 12.3. The predicted molar refractivity (Wildman–Crippen MR) is 86.1 cm³/mol. The Hall–Kier alpha value is -3.55. The van der Waals surface area contributed by atoms with Crippen LogP contribution in [0.25, 0.3) is 10.9 Å². The first-order valence-corrected chi connectivity index (χ1v) is 7.44. The molecule has 0 saturated heterocycles. The van der Waals surface area contributed by atoms with Crippen molar-refractivity contribution in [1.82, 2.24) is 20.3 Å². The first-order valence-electron chi connectivity index (χ1n) is 7.44. The summed E-state index contributed by atoms with van der Waals surface area (Å²) in [5, 5.41) is 21.5. The van der Waals surface area contributed by atoms with Crippen LogP contribution in [0.4, 0.5) is 0 Å². The molecule has 0 aliphatic rings. The van der Waals surface area contributed by atoms with Crippen molar-refractivity contribution >= 4 is 22.8 Å². The van der Waals surface area contributed by atoms with Crippen molar-refractivity contribution in [3.05, 3.63) is 70.5 Å². The Morgan fingerprint density at radius 1 is 1.08 bits per heavy atom. The van der Waals surface area contributed by atoms with Crippen molar-refractivity contribution in [2.75, 3.05) is 0 Å². The van der Waals surface area contributed by atoms with E-state index in [9.17, 15) is 19.5 Å². The van der Waals surface area contributed by atoms with Crippen LogP contribution in [0, 0.1) is 0 Å². The number of carbonyl (C=O) groups is 2. The normalized spacial score (nSPS) is 11.8. The summed E-state index contributed by atoms with van der Waals surface area (Å²) in [5.41, 5.74) is 0.305. The highest BCUT2D eigenvalue weighted by atomic mass is 16.4. The number of amides is 1. The number of aliphatic carboxylic acids is 1.